The third-order valence-corrected chi connectivity index (χ3v) is 7.02. The molecule has 1 aliphatic carbocycles. The van der Waals surface area contributed by atoms with E-state index in [9.17, 15) is 5.11 Å². The average Bonchev–Trinajstić information content (AvgIpc) is 2.67. The van der Waals surface area contributed by atoms with Gasteiger partial charge < -0.3 is 9.84 Å². The van der Waals surface area contributed by atoms with Crippen molar-refractivity contribution in [1.82, 2.24) is 4.90 Å². The SMILES string of the molecule is C[C@@H](CN1CC[C@@]2(C)c3cccc(O)c3C[C@@H]1[C@@H]2C)OCc1ccccc1. The van der Waals surface area contributed by atoms with Crippen LogP contribution < -0.4 is 0 Å². The van der Waals surface area contributed by atoms with Gasteiger partial charge in [-0.2, -0.15) is 0 Å². The molecule has 3 nitrogen and oxygen atoms in total. The monoisotopic (exact) mass is 365 g/mol. The van der Waals surface area contributed by atoms with E-state index in [-0.39, 0.29) is 11.5 Å². The third-order valence-electron chi connectivity index (χ3n) is 7.02. The molecule has 0 spiro atoms. The van der Waals surface area contributed by atoms with Crippen LogP contribution in [0.4, 0.5) is 0 Å². The summed E-state index contributed by atoms with van der Waals surface area (Å²) in [5.41, 5.74) is 3.90. The van der Waals surface area contributed by atoms with Gasteiger partial charge in [0, 0.05) is 12.6 Å². The number of piperidine rings is 1. The second-order valence-electron chi connectivity index (χ2n) is 8.63. The third kappa shape index (κ3) is 3.39. The Morgan fingerprint density at radius 3 is 2.74 bits per heavy atom. The van der Waals surface area contributed by atoms with Crippen molar-refractivity contribution < 1.29 is 9.84 Å². The lowest BCUT2D eigenvalue weighted by Crippen LogP contribution is -2.59. The maximum Gasteiger partial charge on any atom is 0.119 e. The fourth-order valence-corrected chi connectivity index (χ4v) is 5.15. The molecule has 4 rings (SSSR count). The highest BCUT2D eigenvalue weighted by molar-refractivity contribution is 5.47. The number of phenols is 1. The number of rotatable bonds is 5. The first-order valence-corrected chi connectivity index (χ1v) is 10.2. The first-order chi connectivity index (χ1) is 13.0. The number of fused-ring (bicyclic) bond motifs is 4. The van der Waals surface area contributed by atoms with Gasteiger partial charge in [-0.15, -0.1) is 0 Å². The molecule has 1 heterocycles. The van der Waals surface area contributed by atoms with Crippen LogP contribution in [0, 0.1) is 5.92 Å². The summed E-state index contributed by atoms with van der Waals surface area (Å²) in [5, 5.41) is 10.4. The minimum atomic E-state index is 0.154. The molecular weight excluding hydrogens is 334 g/mol. The van der Waals surface area contributed by atoms with Gasteiger partial charge in [0.25, 0.3) is 0 Å². The molecular formula is C24H31NO2. The maximum atomic E-state index is 10.4. The zero-order valence-corrected chi connectivity index (χ0v) is 16.7. The quantitative estimate of drug-likeness (QED) is 0.845. The number of ether oxygens (including phenoxy) is 1. The van der Waals surface area contributed by atoms with Crippen molar-refractivity contribution in [3.05, 3.63) is 65.2 Å². The smallest absolute Gasteiger partial charge is 0.119 e. The lowest BCUT2D eigenvalue weighted by molar-refractivity contribution is -0.0246. The molecule has 144 valence electrons. The van der Waals surface area contributed by atoms with E-state index in [1.807, 2.05) is 18.2 Å². The number of likely N-dealkylation sites (tertiary alicyclic amines) is 1. The fourth-order valence-electron chi connectivity index (χ4n) is 5.15. The van der Waals surface area contributed by atoms with E-state index < -0.39 is 0 Å². The van der Waals surface area contributed by atoms with Gasteiger partial charge in [0.05, 0.1) is 12.7 Å². The summed E-state index contributed by atoms with van der Waals surface area (Å²) < 4.78 is 6.13. The minimum Gasteiger partial charge on any atom is -0.508 e. The van der Waals surface area contributed by atoms with Gasteiger partial charge in [0.1, 0.15) is 5.75 Å². The van der Waals surface area contributed by atoms with E-state index in [1.165, 1.54) is 11.1 Å². The molecule has 3 heteroatoms. The number of phenolic OH excluding ortho intramolecular Hbond substituents is 1. The molecule has 0 saturated carbocycles. The highest BCUT2D eigenvalue weighted by Gasteiger charge is 2.49. The van der Waals surface area contributed by atoms with Crippen molar-refractivity contribution in [3.8, 4) is 5.75 Å². The van der Waals surface area contributed by atoms with E-state index >= 15 is 0 Å². The number of aromatic hydroxyl groups is 1. The number of hydrogen-bond acceptors (Lipinski definition) is 3. The van der Waals surface area contributed by atoms with Crippen LogP contribution in [0.3, 0.4) is 0 Å². The topological polar surface area (TPSA) is 32.7 Å². The second kappa shape index (κ2) is 7.29. The lowest BCUT2D eigenvalue weighted by Gasteiger charge is -2.55. The first kappa shape index (κ1) is 18.5. The Hall–Kier alpha value is -1.84. The summed E-state index contributed by atoms with van der Waals surface area (Å²) in [5.74, 6) is 1.03. The Morgan fingerprint density at radius 1 is 1.19 bits per heavy atom. The fraction of sp³-hybridized carbons (Fsp3) is 0.500. The Labute approximate surface area is 163 Å². The molecule has 1 N–H and O–H groups in total. The van der Waals surface area contributed by atoms with E-state index in [2.05, 4.69) is 56.0 Å². The molecule has 2 aromatic carbocycles. The van der Waals surface area contributed by atoms with Gasteiger partial charge in [-0.3, -0.25) is 4.90 Å². The highest BCUT2D eigenvalue weighted by Crippen LogP contribution is 2.50. The van der Waals surface area contributed by atoms with Gasteiger partial charge >= 0.3 is 0 Å². The Bertz CT molecular complexity index is 790. The zero-order valence-electron chi connectivity index (χ0n) is 16.7. The molecule has 4 atom stereocenters. The maximum absolute atomic E-state index is 10.4. The molecule has 1 saturated heterocycles. The first-order valence-electron chi connectivity index (χ1n) is 10.2. The molecule has 1 aliphatic heterocycles. The molecule has 2 aromatic rings. The van der Waals surface area contributed by atoms with Crippen LogP contribution in [0.5, 0.6) is 5.75 Å². The molecule has 0 amide bonds. The Morgan fingerprint density at radius 2 is 1.96 bits per heavy atom. The van der Waals surface area contributed by atoms with Crippen LogP contribution in [-0.2, 0) is 23.2 Å². The standard InChI is InChI=1S/C24H31NO2/c1-17(27-16-19-8-5-4-6-9-19)15-25-13-12-24(3)18(2)22(25)14-20-21(24)10-7-11-23(20)26/h4-11,17-18,22,26H,12-16H2,1-3H3/t17-,18-,22+,24+/m0/s1. The van der Waals surface area contributed by atoms with Gasteiger partial charge in [-0.1, -0.05) is 56.3 Å². The van der Waals surface area contributed by atoms with Crippen LogP contribution in [-0.4, -0.2) is 35.2 Å². The number of benzene rings is 2. The van der Waals surface area contributed by atoms with E-state index in [0.717, 1.165) is 31.5 Å². The highest BCUT2D eigenvalue weighted by atomic mass is 16.5. The van der Waals surface area contributed by atoms with Crippen LogP contribution in [0.2, 0.25) is 0 Å². The number of nitrogens with zero attached hydrogens (tertiary/aromatic N) is 1. The van der Waals surface area contributed by atoms with E-state index in [1.54, 1.807) is 0 Å². The molecule has 2 bridgehead atoms. The van der Waals surface area contributed by atoms with E-state index in [4.69, 9.17) is 4.74 Å². The van der Waals surface area contributed by atoms with Crippen molar-refractivity contribution in [2.24, 2.45) is 5.92 Å². The van der Waals surface area contributed by atoms with Crippen molar-refractivity contribution >= 4 is 0 Å². The van der Waals surface area contributed by atoms with Crippen LogP contribution >= 0.6 is 0 Å². The average molecular weight is 366 g/mol. The second-order valence-corrected chi connectivity index (χ2v) is 8.63. The van der Waals surface area contributed by atoms with Crippen molar-refractivity contribution in [2.75, 3.05) is 13.1 Å². The van der Waals surface area contributed by atoms with E-state index in [0.29, 0.717) is 24.3 Å². The van der Waals surface area contributed by atoms with Crippen LogP contribution in [0.15, 0.2) is 48.5 Å². The molecule has 27 heavy (non-hydrogen) atoms. The molecule has 0 aromatic heterocycles. The summed E-state index contributed by atoms with van der Waals surface area (Å²) in [4.78, 5) is 2.59. The predicted octanol–water partition coefficient (Wildman–Crippen LogP) is 4.52. The summed E-state index contributed by atoms with van der Waals surface area (Å²) in [6, 6.07) is 16.9. The van der Waals surface area contributed by atoms with Crippen LogP contribution in [0.1, 0.15) is 43.9 Å². The number of hydrogen-bond donors (Lipinski definition) is 1. The van der Waals surface area contributed by atoms with Gasteiger partial charge in [-0.25, -0.2) is 0 Å². The minimum absolute atomic E-state index is 0.154. The van der Waals surface area contributed by atoms with Gasteiger partial charge in [0.15, 0.2) is 0 Å². The van der Waals surface area contributed by atoms with Gasteiger partial charge in [-0.05, 0) is 60.4 Å². The lowest BCUT2D eigenvalue weighted by atomic mass is 9.59. The zero-order chi connectivity index (χ0) is 19.0. The van der Waals surface area contributed by atoms with Crippen molar-refractivity contribution in [2.45, 2.75) is 57.8 Å². The Balaban J connectivity index is 1.46. The largest absolute Gasteiger partial charge is 0.508 e. The molecule has 2 aliphatic rings. The molecule has 0 radical (unpaired) electrons. The molecule has 0 unspecified atom stereocenters. The Kier molecular flexibility index (Phi) is 5.00. The van der Waals surface area contributed by atoms with Crippen LogP contribution in [0.25, 0.3) is 0 Å². The summed E-state index contributed by atoms with van der Waals surface area (Å²) in [6.07, 6.45) is 2.25. The summed E-state index contributed by atoms with van der Waals surface area (Å²) >= 11 is 0. The summed E-state index contributed by atoms with van der Waals surface area (Å²) in [6.45, 7) is 9.65. The predicted molar refractivity (Wildman–Crippen MR) is 109 cm³/mol. The summed E-state index contributed by atoms with van der Waals surface area (Å²) in [7, 11) is 0. The van der Waals surface area contributed by atoms with Crippen molar-refractivity contribution in [1.29, 1.82) is 0 Å². The van der Waals surface area contributed by atoms with Crippen molar-refractivity contribution in [3.63, 3.8) is 0 Å². The van der Waals surface area contributed by atoms with Gasteiger partial charge in [0.2, 0.25) is 0 Å². The molecule has 1 fully saturated rings. The normalized spacial score (nSPS) is 28.6.